The van der Waals surface area contributed by atoms with Crippen LogP contribution in [0.1, 0.15) is 60.8 Å². The number of carbonyl (C=O) groups excluding carboxylic acids is 2. The van der Waals surface area contributed by atoms with Crippen molar-refractivity contribution >= 4 is 18.5 Å². The lowest BCUT2D eigenvalue weighted by molar-refractivity contribution is 0.0451. The Morgan fingerprint density at radius 1 is 1.13 bits per heavy atom. The molecule has 2 aliphatic rings. The van der Waals surface area contributed by atoms with E-state index in [1.54, 1.807) is 20.8 Å². The fraction of sp³-hybridized carbons (Fsp3) is 0.773. The first-order valence-electron chi connectivity index (χ1n) is 10.9. The minimum atomic E-state index is -0.614. The quantitative estimate of drug-likeness (QED) is 0.414. The largest absolute Gasteiger partial charge is 0.495 e. The summed E-state index contributed by atoms with van der Waals surface area (Å²) in [5.74, 6) is 1.47. The van der Waals surface area contributed by atoms with Crippen molar-refractivity contribution < 1.29 is 23.8 Å². The van der Waals surface area contributed by atoms with E-state index in [-0.39, 0.29) is 18.2 Å². The number of nitrogens with one attached hydrogen (secondary N) is 3. The minimum Gasteiger partial charge on any atom is -0.495 e. The molecule has 0 aromatic carbocycles. The maximum atomic E-state index is 11.8. The van der Waals surface area contributed by atoms with Gasteiger partial charge in [0.25, 0.3) is 0 Å². The second-order valence-corrected chi connectivity index (χ2v) is 10.1. The summed E-state index contributed by atoms with van der Waals surface area (Å²) < 4.78 is 16.2. The highest BCUT2D eigenvalue weighted by Crippen LogP contribution is 2.27. The van der Waals surface area contributed by atoms with E-state index in [0.717, 1.165) is 31.6 Å². The topological polar surface area (TPSA) is 110 Å². The van der Waals surface area contributed by atoms with Crippen molar-refractivity contribution in [1.82, 2.24) is 16.0 Å². The summed E-state index contributed by atoms with van der Waals surface area (Å²) in [4.78, 5) is 27.0. The van der Waals surface area contributed by atoms with Crippen molar-refractivity contribution in [1.29, 1.82) is 0 Å². The third-order valence-electron chi connectivity index (χ3n) is 4.66. The van der Waals surface area contributed by atoms with Gasteiger partial charge in [0.05, 0.1) is 18.9 Å². The monoisotopic (exact) mass is 438 g/mol. The van der Waals surface area contributed by atoms with E-state index in [0.29, 0.717) is 19.1 Å². The van der Waals surface area contributed by atoms with Gasteiger partial charge in [-0.1, -0.05) is 0 Å². The van der Waals surface area contributed by atoms with Crippen LogP contribution in [0.5, 0.6) is 0 Å². The zero-order chi connectivity index (χ0) is 23.1. The number of amides is 2. The summed E-state index contributed by atoms with van der Waals surface area (Å²) in [6.45, 7) is 13.1. The highest BCUT2D eigenvalue weighted by Gasteiger charge is 2.31. The van der Waals surface area contributed by atoms with E-state index in [1.165, 1.54) is 6.34 Å². The predicted molar refractivity (Wildman–Crippen MR) is 119 cm³/mol. The average molecular weight is 439 g/mol. The van der Waals surface area contributed by atoms with Crippen molar-refractivity contribution in [2.24, 2.45) is 10.9 Å². The van der Waals surface area contributed by atoms with Gasteiger partial charge in [-0.2, -0.15) is 4.99 Å². The molecule has 0 bridgehead atoms. The van der Waals surface area contributed by atoms with Crippen LogP contribution in [0.4, 0.5) is 9.59 Å². The molecule has 2 amide bonds. The Kier molecular flexibility index (Phi) is 8.73. The molecular weight excluding hydrogens is 400 g/mol. The molecule has 0 aromatic heterocycles. The molecule has 1 aliphatic heterocycles. The van der Waals surface area contributed by atoms with Gasteiger partial charge < -0.3 is 30.2 Å². The minimum absolute atomic E-state index is 0.0706. The van der Waals surface area contributed by atoms with Gasteiger partial charge in [0, 0.05) is 6.04 Å². The zero-order valence-electron chi connectivity index (χ0n) is 19.6. The summed E-state index contributed by atoms with van der Waals surface area (Å²) >= 11 is 0. The van der Waals surface area contributed by atoms with Gasteiger partial charge in [-0.05, 0) is 79.3 Å². The molecule has 1 saturated carbocycles. The number of ether oxygens (including phenoxy) is 3. The van der Waals surface area contributed by atoms with Crippen LogP contribution in [0, 0.1) is 5.92 Å². The van der Waals surface area contributed by atoms with Crippen LogP contribution in [0.25, 0.3) is 0 Å². The van der Waals surface area contributed by atoms with Crippen molar-refractivity contribution in [3.63, 3.8) is 0 Å². The molecule has 3 N–H and O–H groups in total. The number of aliphatic imine (C=N–C) groups is 1. The number of nitrogens with zero attached hydrogens (tertiary/aromatic N) is 1. The fourth-order valence-corrected chi connectivity index (χ4v) is 3.23. The average Bonchev–Trinajstić information content (AvgIpc) is 2.57. The van der Waals surface area contributed by atoms with Gasteiger partial charge in [0.2, 0.25) is 0 Å². The molecule has 0 radical (unpaired) electrons. The molecule has 0 spiro atoms. The van der Waals surface area contributed by atoms with Gasteiger partial charge in [-0.25, -0.2) is 9.59 Å². The normalized spacial score (nSPS) is 23.9. The number of hydrogen-bond donors (Lipinski definition) is 3. The predicted octanol–water partition coefficient (Wildman–Crippen LogP) is 3.11. The molecule has 1 fully saturated rings. The van der Waals surface area contributed by atoms with E-state index in [9.17, 15) is 9.59 Å². The number of rotatable bonds is 7. The summed E-state index contributed by atoms with van der Waals surface area (Å²) in [5, 5.41) is 9.39. The molecule has 9 nitrogen and oxygen atoms in total. The SMILES string of the molecule is CC(C)(C)OC(=O)/N=C/N[C@@H]1CC=C(CNCC2CC(NC(=O)OC(C)(C)C)C2)OC1. The Morgan fingerprint density at radius 3 is 2.39 bits per heavy atom. The van der Waals surface area contributed by atoms with E-state index < -0.39 is 17.3 Å². The van der Waals surface area contributed by atoms with Gasteiger partial charge in [-0.3, -0.25) is 0 Å². The molecule has 2 rings (SSSR count). The van der Waals surface area contributed by atoms with Crippen LogP contribution in [0.2, 0.25) is 0 Å². The van der Waals surface area contributed by atoms with Crippen LogP contribution >= 0.6 is 0 Å². The highest BCUT2D eigenvalue weighted by atomic mass is 16.6. The molecule has 0 unspecified atom stereocenters. The maximum Gasteiger partial charge on any atom is 0.435 e. The van der Waals surface area contributed by atoms with E-state index in [1.807, 2.05) is 26.8 Å². The Morgan fingerprint density at radius 2 is 1.81 bits per heavy atom. The fourth-order valence-electron chi connectivity index (χ4n) is 3.23. The lowest BCUT2D eigenvalue weighted by Gasteiger charge is -2.36. The first-order valence-corrected chi connectivity index (χ1v) is 10.9. The summed E-state index contributed by atoms with van der Waals surface area (Å²) in [5.41, 5.74) is -1.02. The first kappa shape index (κ1) is 25.0. The molecule has 0 aromatic rings. The maximum absolute atomic E-state index is 11.8. The molecule has 9 heteroatoms. The molecule has 1 atom stereocenters. The third-order valence-corrected chi connectivity index (χ3v) is 4.66. The van der Waals surface area contributed by atoms with Gasteiger partial charge in [-0.15, -0.1) is 0 Å². The standard InChI is InChI=1S/C22H38N4O5/c1-21(2,3)30-19(27)25-14-24-16-7-8-18(29-13-16)12-23-11-15-9-17(10-15)26-20(28)31-22(4,5)6/h8,14-17,23H,7,9-13H2,1-6H3,(H,26,28)(H,24,25,27)/t15?,16-,17?/m1/s1. The van der Waals surface area contributed by atoms with Crippen molar-refractivity contribution in [2.45, 2.75) is 84.1 Å². The van der Waals surface area contributed by atoms with Crippen molar-refractivity contribution in [3.8, 4) is 0 Å². The van der Waals surface area contributed by atoms with Crippen LogP contribution in [0.3, 0.4) is 0 Å². The number of carbonyl (C=O) groups is 2. The Balaban J connectivity index is 1.55. The van der Waals surface area contributed by atoms with Crippen molar-refractivity contribution in [3.05, 3.63) is 11.8 Å². The molecular formula is C22H38N4O5. The van der Waals surface area contributed by atoms with E-state index in [2.05, 4.69) is 20.9 Å². The zero-order valence-corrected chi connectivity index (χ0v) is 19.6. The lowest BCUT2D eigenvalue weighted by atomic mass is 9.80. The van der Waals surface area contributed by atoms with Crippen LogP contribution in [-0.4, -0.2) is 61.5 Å². The number of alkyl carbamates (subject to hydrolysis) is 1. The molecule has 1 heterocycles. The third kappa shape index (κ3) is 10.5. The second kappa shape index (κ2) is 10.8. The molecule has 0 saturated heterocycles. The van der Waals surface area contributed by atoms with E-state index >= 15 is 0 Å². The second-order valence-electron chi connectivity index (χ2n) is 10.1. The number of hydrogen-bond acceptors (Lipinski definition) is 6. The van der Waals surface area contributed by atoms with Gasteiger partial charge in [0.15, 0.2) is 0 Å². The Bertz CT molecular complexity index is 672. The summed E-state index contributed by atoms with van der Waals surface area (Å²) in [6, 6.07) is 0.266. The van der Waals surface area contributed by atoms with Gasteiger partial charge in [0.1, 0.15) is 23.6 Å². The van der Waals surface area contributed by atoms with Gasteiger partial charge >= 0.3 is 12.2 Å². The summed E-state index contributed by atoms with van der Waals surface area (Å²) in [7, 11) is 0. The molecule has 176 valence electrons. The molecule has 1 aliphatic carbocycles. The summed E-state index contributed by atoms with van der Waals surface area (Å²) in [6.07, 6.45) is 5.16. The Labute approximate surface area is 185 Å². The van der Waals surface area contributed by atoms with Crippen LogP contribution < -0.4 is 16.0 Å². The Hall–Kier alpha value is -2.29. The highest BCUT2D eigenvalue weighted by molar-refractivity contribution is 5.78. The first-order chi connectivity index (χ1) is 14.4. The smallest absolute Gasteiger partial charge is 0.435 e. The van der Waals surface area contributed by atoms with E-state index in [4.69, 9.17) is 14.2 Å². The van der Waals surface area contributed by atoms with Crippen LogP contribution in [-0.2, 0) is 14.2 Å². The van der Waals surface area contributed by atoms with Crippen molar-refractivity contribution in [2.75, 3.05) is 19.7 Å². The molecule has 31 heavy (non-hydrogen) atoms. The lowest BCUT2D eigenvalue weighted by Crippen LogP contribution is -2.48. The van der Waals surface area contributed by atoms with Crippen LogP contribution in [0.15, 0.2) is 16.8 Å².